The van der Waals surface area contributed by atoms with E-state index in [1.54, 1.807) is 22.7 Å². The zero-order chi connectivity index (χ0) is 23.5. The number of hydrogen-bond acceptors (Lipinski definition) is 8. The average molecular weight is 501 g/mol. The van der Waals surface area contributed by atoms with Crippen LogP contribution in [0.1, 0.15) is 48.8 Å². The Hall–Kier alpha value is -0.920. The number of thiazole rings is 2. The second-order valence-electron chi connectivity index (χ2n) is 7.49. The van der Waals surface area contributed by atoms with Gasteiger partial charge in [0.05, 0.1) is 33.9 Å². The molecular formula is C18H32N2O6S4. The Morgan fingerprint density at radius 1 is 0.767 bits per heavy atom. The van der Waals surface area contributed by atoms with Gasteiger partial charge in [0.15, 0.2) is 0 Å². The summed E-state index contributed by atoms with van der Waals surface area (Å²) in [4.78, 5) is 11.3. The molecule has 0 spiro atoms. The maximum absolute atomic E-state index is 9.86. The first-order chi connectivity index (χ1) is 13.6. The molecule has 30 heavy (non-hydrogen) atoms. The molecule has 0 aliphatic carbocycles. The van der Waals surface area contributed by atoms with Gasteiger partial charge in [-0.05, 0) is 38.5 Å². The summed E-state index contributed by atoms with van der Waals surface area (Å²) < 4.78 is 55.4. The first-order valence-electron chi connectivity index (χ1n) is 9.29. The smallest absolute Gasteiger partial charge is 0.265 e. The van der Waals surface area contributed by atoms with Crippen molar-refractivity contribution < 1.29 is 25.9 Å². The Labute approximate surface area is 188 Å². The van der Waals surface area contributed by atoms with Crippen LogP contribution in [0.4, 0.5) is 0 Å². The number of aryl methyl sites for hydroxylation is 2. The van der Waals surface area contributed by atoms with Crippen LogP contribution in [-0.4, -0.2) is 47.4 Å². The van der Waals surface area contributed by atoms with E-state index in [1.165, 1.54) is 34.0 Å². The molecule has 2 rings (SSSR count). The van der Waals surface area contributed by atoms with E-state index in [2.05, 4.69) is 51.5 Å². The largest absolute Gasteiger partial charge is 0.286 e. The summed E-state index contributed by atoms with van der Waals surface area (Å²) in [6, 6.07) is 0. The Morgan fingerprint density at radius 2 is 1.07 bits per heavy atom. The van der Waals surface area contributed by atoms with Gasteiger partial charge in [0.1, 0.15) is 0 Å². The van der Waals surface area contributed by atoms with E-state index < -0.39 is 31.7 Å². The molecule has 0 aliphatic heterocycles. The van der Waals surface area contributed by atoms with Crippen molar-refractivity contribution in [3.05, 3.63) is 32.2 Å². The summed E-state index contributed by atoms with van der Waals surface area (Å²) in [6.45, 7) is 13.1. The van der Waals surface area contributed by atoms with Gasteiger partial charge in [-0.25, -0.2) is 9.97 Å². The van der Waals surface area contributed by atoms with Crippen LogP contribution in [0, 0.1) is 25.7 Å². The van der Waals surface area contributed by atoms with E-state index in [0.29, 0.717) is 0 Å². The standard InChI is InChI=1S/2C8H13NS.C2H6O6S2/c2*1-6(2)4-8-7(3)9-5-10-8;3-9(4,5)1-2-10(6,7)8/h2*5-6H,4H2,1-3H3;1-2H2,(H,3,4,5)(H,6,7,8). The van der Waals surface area contributed by atoms with E-state index >= 15 is 0 Å². The fraction of sp³-hybridized carbons (Fsp3) is 0.667. The molecule has 174 valence electrons. The van der Waals surface area contributed by atoms with Crippen LogP contribution in [0.25, 0.3) is 0 Å². The molecule has 0 bridgehead atoms. The molecule has 2 aromatic heterocycles. The highest BCUT2D eigenvalue weighted by molar-refractivity contribution is 7.89. The fourth-order valence-corrected chi connectivity index (χ4v) is 5.66. The lowest BCUT2D eigenvalue weighted by molar-refractivity contribution is 0.472. The summed E-state index contributed by atoms with van der Waals surface area (Å²) in [7, 11) is -8.59. The molecule has 0 saturated heterocycles. The summed E-state index contributed by atoms with van der Waals surface area (Å²) in [5.74, 6) is -0.462. The van der Waals surface area contributed by atoms with Crippen LogP contribution in [0.2, 0.25) is 0 Å². The van der Waals surface area contributed by atoms with Crippen molar-refractivity contribution >= 4 is 42.9 Å². The third kappa shape index (κ3) is 15.9. The van der Waals surface area contributed by atoms with Gasteiger partial charge in [-0.15, -0.1) is 22.7 Å². The minimum Gasteiger partial charge on any atom is -0.286 e. The van der Waals surface area contributed by atoms with Crippen molar-refractivity contribution in [3.63, 3.8) is 0 Å². The molecule has 0 aliphatic rings. The van der Waals surface area contributed by atoms with Gasteiger partial charge in [-0.2, -0.15) is 16.8 Å². The Kier molecular flexibility index (Phi) is 13.1. The molecule has 0 atom stereocenters. The van der Waals surface area contributed by atoms with E-state index in [4.69, 9.17) is 9.11 Å². The monoisotopic (exact) mass is 500 g/mol. The van der Waals surface area contributed by atoms with Crippen molar-refractivity contribution in [2.24, 2.45) is 11.8 Å². The third-order valence-corrected chi connectivity index (χ3v) is 7.09. The molecule has 0 unspecified atom stereocenters. The molecule has 0 saturated carbocycles. The second-order valence-corrected chi connectivity index (χ2v) is 12.5. The zero-order valence-corrected chi connectivity index (χ0v) is 21.5. The molecule has 12 heteroatoms. The van der Waals surface area contributed by atoms with Crippen LogP contribution in [0.15, 0.2) is 11.0 Å². The van der Waals surface area contributed by atoms with Crippen molar-refractivity contribution in [1.82, 2.24) is 9.97 Å². The van der Waals surface area contributed by atoms with Gasteiger partial charge in [0, 0.05) is 9.75 Å². The molecule has 0 amide bonds. The number of aromatic nitrogens is 2. The van der Waals surface area contributed by atoms with Crippen LogP contribution in [0.3, 0.4) is 0 Å². The Bertz CT molecular complexity index is 869. The second kappa shape index (κ2) is 13.5. The van der Waals surface area contributed by atoms with E-state index in [1.807, 2.05) is 11.0 Å². The maximum atomic E-state index is 9.86. The van der Waals surface area contributed by atoms with Gasteiger partial charge in [-0.1, -0.05) is 27.7 Å². The van der Waals surface area contributed by atoms with Gasteiger partial charge in [0.25, 0.3) is 20.2 Å². The van der Waals surface area contributed by atoms with Gasteiger partial charge in [0.2, 0.25) is 0 Å². The zero-order valence-electron chi connectivity index (χ0n) is 18.2. The van der Waals surface area contributed by atoms with Crippen molar-refractivity contribution in [1.29, 1.82) is 0 Å². The highest BCUT2D eigenvalue weighted by atomic mass is 32.2. The predicted molar refractivity (Wildman–Crippen MR) is 124 cm³/mol. The third-order valence-electron chi connectivity index (χ3n) is 3.48. The minimum absolute atomic E-state index is 0.749. The Balaban J connectivity index is 0.000000420. The first kappa shape index (κ1) is 29.1. The highest BCUT2D eigenvalue weighted by Gasteiger charge is 2.11. The van der Waals surface area contributed by atoms with Gasteiger partial charge >= 0.3 is 0 Å². The van der Waals surface area contributed by atoms with Crippen molar-refractivity contribution in [3.8, 4) is 0 Å². The molecule has 0 radical (unpaired) electrons. The lowest BCUT2D eigenvalue weighted by Gasteiger charge is -2.00. The molecule has 2 N–H and O–H groups in total. The van der Waals surface area contributed by atoms with Crippen LogP contribution >= 0.6 is 22.7 Å². The summed E-state index contributed by atoms with van der Waals surface area (Å²) >= 11 is 3.53. The molecule has 0 aromatic carbocycles. The lowest BCUT2D eigenvalue weighted by atomic mass is 10.1. The Morgan fingerprint density at radius 3 is 1.23 bits per heavy atom. The van der Waals surface area contributed by atoms with Crippen molar-refractivity contribution in [2.75, 3.05) is 11.5 Å². The van der Waals surface area contributed by atoms with Crippen LogP contribution in [0.5, 0.6) is 0 Å². The molecule has 0 fully saturated rings. The molecular weight excluding hydrogens is 468 g/mol. The van der Waals surface area contributed by atoms with Crippen LogP contribution < -0.4 is 0 Å². The van der Waals surface area contributed by atoms with E-state index in [9.17, 15) is 16.8 Å². The summed E-state index contributed by atoms with van der Waals surface area (Å²) in [6.07, 6.45) is 2.35. The van der Waals surface area contributed by atoms with Gasteiger partial charge < -0.3 is 0 Å². The highest BCUT2D eigenvalue weighted by Crippen LogP contribution is 2.17. The normalized spacial score (nSPS) is 11.7. The average Bonchev–Trinajstić information content (AvgIpc) is 3.14. The minimum atomic E-state index is -4.30. The topological polar surface area (TPSA) is 135 Å². The number of hydrogen-bond donors (Lipinski definition) is 2. The quantitative estimate of drug-likeness (QED) is 0.543. The van der Waals surface area contributed by atoms with Crippen molar-refractivity contribution in [2.45, 2.75) is 54.4 Å². The predicted octanol–water partition coefficient (Wildman–Crippen LogP) is 4.06. The molecule has 2 aromatic rings. The van der Waals surface area contributed by atoms with E-state index in [0.717, 1.165) is 11.8 Å². The number of nitrogens with zero attached hydrogens (tertiary/aromatic N) is 2. The first-order valence-corrected chi connectivity index (χ1v) is 14.3. The van der Waals surface area contributed by atoms with Gasteiger partial charge in [-0.3, -0.25) is 9.11 Å². The van der Waals surface area contributed by atoms with E-state index in [-0.39, 0.29) is 0 Å². The summed E-state index contributed by atoms with van der Waals surface area (Å²) in [5.41, 5.74) is 6.26. The van der Waals surface area contributed by atoms with Crippen LogP contribution in [-0.2, 0) is 33.1 Å². The molecule has 2 heterocycles. The summed E-state index contributed by atoms with van der Waals surface area (Å²) in [5, 5.41) is 0. The maximum Gasteiger partial charge on any atom is 0.265 e. The fourth-order valence-electron chi connectivity index (χ4n) is 2.00. The lowest BCUT2D eigenvalue weighted by Crippen LogP contribution is -2.15. The SMILES string of the molecule is Cc1ncsc1CC(C)C.Cc1ncsc1CC(C)C.O=S(=O)(O)CCS(=O)(=O)O. The molecule has 8 nitrogen and oxygen atoms in total. The number of rotatable bonds is 7.